The van der Waals surface area contributed by atoms with Gasteiger partial charge in [-0.3, -0.25) is 33.7 Å². The molecule has 0 spiro atoms. The molecule has 0 aromatic heterocycles. The summed E-state index contributed by atoms with van der Waals surface area (Å²) in [5, 5.41) is 17.4. The van der Waals surface area contributed by atoms with Crippen LogP contribution in [0.25, 0.3) is 0 Å². The normalized spacial score (nSPS) is 23.7. The summed E-state index contributed by atoms with van der Waals surface area (Å²) in [6.45, 7) is 8.49. The van der Waals surface area contributed by atoms with Gasteiger partial charge in [0.2, 0.25) is 17.7 Å². The number of esters is 3. The third-order valence-electron chi connectivity index (χ3n) is 8.70. The lowest BCUT2D eigenvalue weighted by atomic mass is 9.95. The van der Waals surface area contributed by atoms with E-state index in [0.29, 0.717) is 6.42 Å². The molecule has 2 saturated heterocycles. The Balaban J connectivity index is 1.96. The number of benzene rings is 1. The van der Waals surface area contributed by atoms with Crippen molar-refractivity contribution in [1.82, 2.24) is 20.9 Å². The van der Waals surface area contributed by atoms with Crippen LogP contribution in [0.1, 0.15) is 66.9 Å². The molecule has 19 nitrogen and oxygen atoms in total. The molecule has 19 heteroatoms. The fourth-order valence-corrected chi connectivity index (χ4v) is 6.16. The van der Waals surface area contributed by atoms with Gasteiger partial charge in [0.05, 0.1) is 6.10 Å². The maximum atomic E-state index is 13.9. The average Bonchev–Trinajstić information content (AvgIpc) is 3.60. The van der Waals surface area contributed by atoms with Gasteiger partial charge in [-0.2, -0.15) is 0 Å². The van der Waals surface area contributed by atoms with Crippen LogP contribution in [0.15, 0.2) is 30.3 Å². The number of ether oxygens (including phenoxy) is 6. The number of likely N-dealkylation sites (tertiary alicyclic amines) is 1. The maximum Gasteiger partial charge on any atom is 0.410 e. The van der Waals surface area contributed by atoms with Gasteiger partial charge in [0.1, 0.15) is 43.5 Å². The van der Waals surface area contributed by atoms with E-state index in [4.69, 9.17) is 28.4 Å². The van der Waals surface area contributed by atoms with Crippen LogP contribution in [-0.4, -0.2) is 126 Å². The number of aliphatic carboxylic acids is 1. The minimum absolute atomic E-state index is 0.0475. The highest BCUT2D eigenvalue weighted by atomic mass is 16.7. The molecule has 1 aromatic carbocycles. The Morgan fingerprint density at radius 2 is 1.49 bits per heavy atom. The van der Waals surface area contributed by atoms with E-state index in [0.717, 1.165) is 33.3 Å². The smallest absolute Gasteiger partial charge is 0.410 e. The fourth-order valence-electron chi connectivity index (χ4n) is 6.16. The van der Waals surface area contributed by atoms with Crippen LogP contribution >= 0.6 is 0 Å². The van der Waals surface area contributed by atoms with Crippen LogP contribution in [0.4, 0.5) is 4.79 Å². The average molecular weight is 779 g/mol. The number of carboxylic acid groups (broad SMARTS) is 1. The number of amides is 4. The summed E-state index contributed by atoms with van der Waals surface area (Å²) in [5.41, 5.74) is 0.726. The highest BCUT2D eigenvalue weighted by Gasteiger charge is 2.52. The number of carbonyl (C=O) groups is 8. The molecule has 0 aliphatic carbocycles. The van der Waals surface area contributed by atoms with Gasteiger partial charge >= 0.3 is 30.0 Å². The van der Waals surface area contributed by atoms with Gasteiger partial charge in [0.25, 0.3) is 0 Å². The molecule has 0 unspecified atom stereocenters. The Bertz CT molecular complexity index is 1560. The van der Waals surface area contributed by atoms with Gasteiger partial charge in [-0.25, -0.2) is 9.59 Å². The summed E-state index contributed by atoms with van der Waals surface area (Å²) in [6.07, 6.45) is -7.38. The number of carbonyl (C=O) groups excluding carboxylic acids is 7. The number of nitrogens with one attached hydrogen (secondary N) is 3. The topological polar surface area (TPSA) is 251 Å². The van der Waals surface area contributed by atoms with Crippen LogP contribution in [0.5, 0.6) is 0 Å². The number of hydrogen-bond acceptors (Lipinski definition) is 14. The molecule has 0 radical (unpaired) electrons. The summed E-state index contributed by atoms with van der Waals surface area (Å²) < 4.78 is 33.7. The highest BCUT2D eigenvalue weighted by molar-refractivity contribution is 5.93. The summed E-state index contributed by atoms with van der Waals surface area (Å²) in [7, 11) is 0. The minimum Gasteiger partial charge on any atom is -0.480 e. The van der Waals surface area contributed by atoms with Crippen molar-refractivity contribution in [2.75, 3.05) is 13.2 Å². The quantitative estimate of drug-likeness (QED) is 0.132. The van der Waals surface area contributed by atoms with Crippen molar-refractivity contribution < 1.29 is 71.9 Å². The van der Waals surface area contributed by atoms with Crippen molar-refractivity contribution in [2.24, 2.45) is 5.92 Å². The molecule has 1 aromatic rings. The molecule has 9 atom stereocenters. The van der Waals surface area contributed by atoms with E-state index in [-0.39, 0.29) is 19.6 Å². The lowest BCUT2D eigenvalue weighted by Gasteiger charge is -2.46. The molecule has 0 saturated carbocycles. The van der Waals surface area contributed by atoms with Gasteiger partial charge < -0.3 is 49.5 Å². The third kappa shape index (κ3) is 12.9. The summed E-state index contributed by atoms with van der Waals surface area (Å²) in [4.78, 5) is 103. The van der Waals surface area contributed by atoms with Gasteiger partial charge in [-0.1, -0.05) is 44.2 Å². The predicted octanol–water partition coefficient (Wildman–Crippen LogP) is 0.559. The van der Waals surface area contributed by atoms with Crippen molar-refractivity contribution in [2.45, 2.75) is 123 Å². The Kier molecular flexibility index (Phi) is 16.4. The number of rotatable bonds is 16. The van der Waals surface area contributed by atoms with Gasteiger partial charge in [-0.15, -0.1) is 0 Å². The molecule has 2 heterocycles. The highest BCUT2D eigenvalue weighted by Crippen LogP contribution is 2.29. The van der Waals surface area contributed by atoms with E-state index in [1.807, 2.05) is 6.07 Å². The molecule has 3 rings (SSSR count). The van der Waals surface area contributed by atoms with Crippen molar-refractivity contribution in [3.63, 3.8) is 0 Å². The first-order valence-corrected chi connectivity index (χ1v) is 17.8. The molecular weight excluding hydrogens is 728 g/mol. The fraction of sp³-hybridized carbons (Fsp3) is 0.611. The first-order valence-electron chi connectivity index (χ1n) is 17.8. The SMILES string of the molecule is CC(=O)N[C@H]1[C@@H](O[C@H](C)[C@H](NC(=O)[C@@H]2CCCN2C(=O)OCc2ccccc2)C(=O)N[C@H](C(=O)O)C(C)C)O[C@H](COC(C)=O)[C@H](OC(C)=O)[C@@H]1OC(C)=O. The molecular formula is C36H50N4O15. The second-order valence-corrected chi connectivity index (χ2v) is 13.5. The molecule has 0 bridgehead atoms. The Hall–Kier alpha value is -5.30. The van der Waals surface area contributed by atoms with E-state index in [1.54, 1.807) is 38.1 Å². The first-order chi connectivity index (χ1) is 25.9. The van der Waals surface area contributed by atoms with Crippen LogP contribution in [-0.2, 0) is 68.6 Å². The predicted molar refractivity (Wildman–Crippen MR) is 187 cm³/mol. The van der Waals surface area contributed by atoms with Crippen LogP contribution in [0.2, 0.25) is 0 Å². The summed E-state index contributed by atoms with van der Waals surface area (Å²) >= 11 is 0. The van der Waals surface area contributed by atoms with E-state index < -0.39 is 115 Å². The summed E-state index contributed by atoms with van der Waals surface area (Å²) in [5.74, 6) is -6.74. The van der Waals surface area contributed by atoms with Gasteiger partial charge in [-0.05, 0) is 31.2 Å². The zero-order chi connectivity index (χ0) is 41.0. The number of hydrogen-bond donors (Lipinski definition) is 4. The molecule has 2 fully saturated rings. The second-order valence-electron chi connectivity index (χ2n) is 13.5. The van der Waals surface area contributed by atoms with E-state index in [1.165, 1.54) is 11.8 Å². The molecule has 304 valence electrons. The largest absolute Gasteiger partial charge is 0.480 e. The Labute approximate surface area is 318 Å². The Morgan fingerprint density at radius 1 is 0.855 bits per heavy atom. The second kappa shape index (κ2) is 20.4. The van der Waals surface area contributed by atoms with E-state index in [9.17, 15) is 43.5 Å². The summed E-state index contributed by atoms with van der Waals surface area (Å²) in [6, 6.07) is 3.38. The van der Waals surface area contributed by atoms with Crippen LogP contribution in [0.3, 0.4) is 0 Å². The van der Waals surface area contributed by atoms with E-state index in [2.05, 4.69) is 16.0 Å². The monoisotopic (exact) mass is 778 g/mol. The lowest BCUT2D eigenvalue weighted by Crippen LogP contribution is -2.68. The standard InChI is InChI=1S/C36H50N4O15/c1-18(2)27(34(47)48)38-33(46)28(39-32(45)25-14-11-15-40(25)36(49)51-16-24-12-9-8-10-13-24)19(3)52-35-29(37-20(4)41)31(54-23(7)44)30(53-22(6)43)26(55-35)17-50-21(5)42/h8-10,12-13,18-19,25-31,35H,11,14-17H2,1-7H3,(H,37,41)(H,38,46)(H,39,45)(H,47,48)/t19-,25+,26-,27+,28+,29-,30+,31-,35+/m1/s1. The van der Waals surface area contributed by atoms with Crippen molar-refractivity contribution in [1.29, 1.82) is 0 Å². The maximum absolute atomic E-state index is 13.9. The minimum atomic E-state index is -1.65. The molecule has 4 amide bonds. The molecule has 2 aliphatic heterocycles. The zero-order valence-corrected chi connectivity index (χ0v) is 31.8. The zero-order valence-electron chi connectivity index (χ0n) is 31.8. The van der Waals surface area contributed by atoms with Crippen molar-refractivity contribution in [3.05, 3.63) is 35.9 Å². The lowest BCUT2D eigenvalue weighted by molar-refractivity contribution is -0.287. The number of nitrogens with zero attached hydrogens (tertiary/aromatic N) is 1. The van der Waals surface area contributed by atoms with Crippen LogP contribution < -0.4 is 16.0 Å². The third-order valence-corrected chi connectivity index (χ3v) is 8.70. The van der Waals surface area contributed by atoms with Crippen molar-refractivity contribution in [3.8, 4) is 0 Å². The van der Waals surface area contributed by atoms with Crippen molar-refractivity contribution >= 4 is 47.7 Å². The van der Waals surface area contributed by atoms with Crippen LogP contribution in [0, 0.1) is 5.92 Å². The first kappa shape index (κ1) is 44.1. The molecule has 4 N–H and O–H groups in total. The number of carboxylic acids is 1. The van der Waals surface area contributed by atoms with Gasteiger partial charge in [0.15, 0.2) is 18.5 Å². The van der Waals surface area contributed by atoms with E-state index >= 15 is 0 Å². The van der Waals surface area contributed by atoms with Gasteiger partial charge in [0, 0.05) is 34.2 Å². The Morgan fingerprint density at radius 3 is 2.05 bits per heavy atom. The molecule has 2 aliphatic rings. The molecule has 55 heavy (non-hydrogen) atoms.